The molecule has 4 N–H and O–H groups in total. The smallest absolute Gasteiger partial charge is 0.209 e. The van der Waals surface area contributed by atoms with Crippen molar-refractivity contribution in [2.24, 2.45) is 5.18 Å². The van der Waals surface area contributed by atoms with Crippen LogP contribution >= 0.6 is 0 Å². The Hall–Kier alpha value is -4.21. The first-order valence-corrected chi connectivity index (χ1v) is 9.83. The van der Waals surface area contributed by atoms with Crippen molar-refractivity contribution in [3.8, 4) is 17.0 Å². The standard InChI is InChI=1S/C21H22N8O2/c1-2-31-15-5-3-14(4-6-15)17-13-19-24-11-12-29(19)21(26-17)25-10-9-23-18-8-7-16(28-30)20(22)27-18/h3-8,11-13H,2,9-10H2,1H3,(H,25,26)(H3,22,23,27). The summed E-state index contributed by atoms with van der Waals surface area (Å²) in [5, 5.41) is 9.29. The lowest BCUT2D eigenvalue weighted by Crippen LogP contribution is -2.17. The average molecular weight is 418 g/mol. The fraction of sp³-hybridized carbons (Fsp3) is 0.190. The second-order valence-electron chi connectivity index (χ2n) is 6.62. The second-order valence-corrected chi connectivity index (χ2v) is 6.62. The predicted octanol–water partition coefficient (Wildman–Crippen LogP) is 3.69. The summed E-state index contributed by atoms with van der Waals surface area (Å²) in [6.45, 7) is 3.71. The van der Waals surface area contributed by atoms with Crippen LogP contribution in [0.2, 0.25) is 0 Å². The summed E-state index contributed by atoms with van der Waals surface area (Å²) < 4.78 is 7.40. The number of aromatic nitrogens is 4. The van der Waals surface area contributed by atoms with Crippen molar-refractivity contribution < 1.29 is 4.74 Å². The highest BCUT2D eigenvalue weighted by atomic mass is 16.5. The summed E-state index contributed by atoms with van der Waals surface area (Å²) in [4.78, 5) is 23.9. The first kappa shape index (κ1) is 20.1. The number of ether oxygens (including phenoxy) is 1. The van der Waals surface area contributed by atoms with Gasteiger partial charge in [0.05, 0.1) is 12.3 Å². The van der Waals surface area contributed by atoms with Crippen LogP contribution in [0.5, 0.6) is 5.75 Å². The van der Waals surface area contributed by atoms with E-state index in [0.717, 1.165) is 22.7 Å². The number of pyridine rings is 1. The Balaban J connectivity index is 1.46. The number of nitroso groups, excluding NO2 is 1. The van der Waals surface area contributed by atoms with Gasteiger partial charge in [0.25, 0.3) is 0 Å². The molecule has 0 fully saturated rings. The maximum Gasteiger partial charge on any atom is 0.209 e. The van der Waals surface area contributed by atoms with E-state index >= 15 is 0 Å². The van der Waals surface area contributed by atoms with Crippen molar-refractivity contribution in [3.63, 3.8) is 0 Å². The lowest BCUT2D eigenvalue weighted by atomic mass is 10.1. The van der Waals surface area contributed by atoms with Crippen LogP contribution in [-0.2, 0) is 0 Å². The molecule has 0 spiro atoms. The summed E-state index contributed by atoms with van der Waals surface area (Å²) in [5.74, 6) is 2.16. The largest absolute Gasteiger partial charge is 0.494 e. The molecule has 158 valence electrons. The monoisotopic (exact) mass is 418 g/mol. The van der Waals surface area contributed by atoms with Crippen molar-refractivity contribution in [2.75, 3.05) is 36.1 Å². The van der Waals surface area contributed by atoms with E-state index in [1.54, 1.807) is 12.3 Å². The number of rotatable bonds is 9. The van der Waals surface area contributed by atoms with Crippen LogP contribution in [-0.4, -0.2) is 39.0 Å². The molecular formula is C21H22N8O2. The van der Waals surface area contributed by atoms with Gasteiger partial charge < -0.3 is 21.1 Å². The van der Waals surface area contributed by atoms with Crippen molar-refractivity contribution in [1.82, 2.24) is 19.4 Å². The molecular weight excluding hydrogens is 396 g/mol. The van der Waals surface area contributed by atoms with E-state index in [4.69, 9.17) is 15.5 Å². The molecule has 0 saturated heterocycles. The average Bonchev–Trinajstić information content (AvgIpc) is 3.26. The third kappa shape index (κ3) is 4.53. The molecule has 3 heterocycles. The Morgan fingerprint density at radius 3 is 2.65 bits per heavy atom. The van der Waals surface area contributed by atoms with Gasteiger partial charge in [-0.3, -0.25) is 4.40 Å². The number of imidazole rings is 1. The molecule has 10 nitrogen and oxygen atoms in total. The van der Waals surface area contributed by atoms with Gasteiger partial charge in [-0.15, -0.1) is 4.91 Å². The molecule has 0 aliphatic rings. The minimum atomic E-state index is 0.0952. The second kappa shape index (κ2) is 9.08. The van der Waals surface area contributed by atoms with Crippen molar-refractivity contribution in [2.45, 2.75) is 6.92 Å². The Kier molecular flexibility index (Phi) is 5.88. The summed E-state index contributed by atoms with van der Waals surface area (Å²) in [5.41, 5.74) is 8.39. The SMILES string of the molecule is CCOc1ccc(-c2cc3nccn3c(NCCNc3ccc(N=O)c(N)n3)n2)cc1. The summed E-state index contributed by atoms with van der Waals surface area (Å²) in [6, 6.07) is 12.9. The van der Waals surface area contributed by atoms with E-state index < -0.39 is 0 Å². The van der Waals surface area contributed by atoms with Crippen LogP contribution < -0.4 is 21.1 Å². The molecule has 0 saturated carbocycles. The molecule has 4 rings (SSSR count). The molecule has 0 aliphatic carbocycles. The van der Waals surface area contributed by atoms with Gasteiger partial charge in [-0.1, -0.05) is 0 Å². The number of nitrogens with one attached hydrogen (secondary N) is 2. The number of hydrogen-bond acceptors (Lipinski definition) is 9. The number of anilines is 3. The van der Waals surface area contributed by atoms with Gasteiger partial charge in [-0.25, -0.2) is 15.0 Å². The van der Waals surface area contributed by atoms with Crippen LogP contribution in [0.25, 0.3) is 16.9 Å². The highest BCUT2D eigenvalue weighted by molar-refractivity contribution is 5.66. The molecule has 0 unspecified atom stereocenters. The zero-order valence-corrected chi connectivity index (χ0v) is 16.9. The van der Waals surface area contributed by atoms with Crippen molar-refractivity contribution in [1.29, 1.82) is 0 Å². The Morgan fingerprint density at radius 2 is 1.90 bits per heavy atom. The Labute approximate surface area is 178 Å². The van der Waals surface area contributed by atoms with Crippen LogP contribution in [0, 0.1) is 4.91 Å². The molecule has 3 aromatic heterocycles. The number of nitrogen functional groups attached to an aromatic ring is 1. The van der Waals surface area contributed by atoms with Crippen molar-refractivity contribution >= 4 is 28.9 Å². The molecule has 0 amide bonds. The Bertz CT molecular complexity index is 1190. The number of benzene rings is 1. The molecule has 10 heteroatoms. The summed E-state index contributed by atoms with van der Waals surface area (Å²) in [7, 11) is 0. The van der Waals surface area contributed by atoms with Gasteiger partial charge >= 0.3 is 0 Å². The molecule has 0 atom stereocenters. The quantitative estimate of drug-likeness (QED) is 0.277. The van der Waals surface area contributed by atoms with Crippen LogP contribution in [0.4, 0.5) is 23.3 Å². The van der Waals surface area contributed by atoms with E-state index in [2.05, 4.69) is 25.8 Å². The maximum absolute atomic E-state index is 10.6. The van der Waals surface area contributed by atoms with Crippen LogP contribution in [0.3, 0.4) is 0 Å². The fourth-order valence-corrected chi connectivity index (χ4v) is 3.09. The number of hydrogen-bond donors (Lipinski definition) is 3. The minimum absolute atomic E-state index is 0.0952. The van der Waals surface area contributed by atoms with Gasteiger partial charge in [0.2, 0.25) is 5.95 Å². The van der Waals surface area contributed by atoms with Gasteiger partial charge in [0.15, 0.2) is 5.82 Å². The normalized spacial score (nSPS) is 10.7. The number of nitrogens with two attached hydrogens (primary N) is 1. The van der Waals surface area contributed by atoms with Crippen LogP contribution in [0.1, 0.15) is 6.92 Å². The third-order valence-corrected chi connectivity index (χ3v) is 4.57. The van der Waals surface area contributed by atoms with Gasteiger partial charge in [-0.05, 0) is 48.5 Å². The zero-order chi connectivity index (χ0) is 21.6. The van der Waals surface area contributed by atoms with E-state index in [0.29, 0.717) is 31.5 Å². The van der Waals surface area contributed by atoms with Gasteiger partial charge in [0, 0.05) is 37.1 Å². The van der Waals surface area contributed by atoms with E-state index in [1.165, 1.54) is 6.07 Å². The molecule has 0 aliphatic heterocycles. The first-order chi connectivity index (χ1) is 15.2. The molecule has 1 aromatic carbocycles. The third-order valence-electron chi connectivity index (χ3n) is 4.57. The summed E-state index contributed by atoms with van der Waals surface area (Å²) >= 11 is 0. The highest BCUT2D eigenvalue weighted by Gasteiger charge is 2.09. The van der Waals surface area contributed by atoms with E-state index in [1.807, 2.05) is 47.9 Å². The van der Waals surface area contributed by atoms with Gasteiger partial charge in [0.1, 0.15) is 22.9 Å². The maximum atomic E-state index is 10.6. The highest BCUT2D eigenvalue weighted by Crippen LogP contribution is 2.24. The van der Waals surface area contributed by atoms with Crippen LogP contribution in [0.15, 0.2) is 60.0 Å². The lowest BCUT2D eigenvalue weighted by molar-refractivity contribution is 0.340. The number of nitrogens with zero attached hydrogens (tertiary/aromatic N) is 5. The Morgan fingerprint density at radius 1 is 1.10 bits per heavy atom. The fourth-order valence-electron chi connectivity index (χ4n) is 3.09. The molecule has 31 heavy (non-hydrogen) atoms. The van der Waals surface area contributed by atoms with E-state index in [-0.39, 0.29) is 11.5 Å². The molecule has 0 bridgehead atoms. The first-order valence-electron chi connectivity index (χ1n) is 9.83. The molecule has 4 aromatic rings. The topological polar surface area (TPSA) is 132 Å². The van der Waals surface area contributed by atoms with Gasteiger partial charge in [-0.2, -0.15) is 0 Å². The minimum Gasteiger partial charge on any atom is -0.494 e. The van der Waals surface area contributed by atoms with E-state index in [9.17, 15) is 4.91 Å². The predicted molar refractivity (Wildman–Crippen MR) is 121 cm³/mol. The molecule has 0 radical (unpaired) electrons. The lowest BCUT2D eigenvalue weighted by Gasteiger charge is -2.12. The number of fused-ring (bicyclic) bond motifs is 1. The zero-order valence-electron chi connectivity index (χ0n) is 16.9. The van der Waals surface area contributed by atoms with Crippen molar-refractivity contribution in [3.05, 3.63) is 59.8 Å². The summed E-state index contributed by atoms with van der Waals surface area (Å²) in [6.07, 6.45) is 3.59.